The van der Waals surface area contributed by atoms with Crippen LogP contribution in [-0.2, 0) is 7.05 Å². The van der Waals surface area contributed by atoms with E-state index in [-0.39, 0.29) is 11.7 Å². The predicted molar refractivity (Wildman–Crippen MR) is 119 cm³/mol. The fourth-order valence-electron chi connectivity index (χ4n) is 3.59. The van der Waals surface area contributed by atoms with Gasteiger partial charge >= 0.3 is 0 Å². The number of carbonyl (C=O) groups is 1. The Bertz CT molecular complexity index is 1450. The Morgan fingerprint density at radius 2 is 1.84 bits per heavy atom. The molecule has 7 nitrogen and oxygen atoms in total. The van der Waals surface area contributed by atoms with Crippen LogP contribution in [0.1, 0.15) is 16.1 Å². The van der Waals surface area contributed by atoms with E-state index in [9.17, 15) is 9.18 Å². The van der Waals surface area contributed by atoms with Crippen LogP contribution >= 0.6 is 0 Å². The summed E-state index contributed by atoms with van der Waals surface area (Å²) in [5.74, 6) is 0.137. The first-order chi connectivity index (χ1) is 15.5. The second-order valence-electron chi connectivity index (χ2n) is 7.34. The Balaban J connectivity index is 1.45. The molecule has 3 aromatic heterocycles. The lowest BCUT2D eigenvalue weighted by Gasteiger charge is -2.08. The van der Waals surface area contributed by atoms with Gasteiger partial charge in [0.2, 0.25) is 5.89 Å². The third-order valence-electron chi connectivity index (χ3n) is 5.16. The summed E-state index contributed by atoms with van der Waals surface area (Å²) in [6.45, 7) is 1.90. The summed E-state index contributed by atoms with van der Waals surface area (Å²) in [4.78, 5) is 21.8. The first kappa shape index (κ1) is 19.6. The lowest BCUT2D eigenvalue weighted by Crippen LogP contribution is -2.13. The molecule has 0 saturated carbocycles. The van der Waals surface area contributed by atoms with Crippen LogP contribution in [0, 0.1) is 12.7 Å². The highest BCUT2D eigenvalue weighted by Crippen LogP contribution is 2.29. The van der Waals surface area contributed by atoms with E-state index in [4.69, 9.17) is 4.42 Å². The number of rotatable bonds is 4. The number of benzene rings is 2. The maximum Gasteiger partial charge on any atom is 0.256 e. The van der Waals surface area contributed by atoms with Gasteiger partial charge in [0.1, 0.15) is 5.82 Å². The number of amides is 1. The Hall–Kier alpha value is -4.33. The second kappa shape index (κ2) is 7.73. The summed E-state index contributed by atoms with van der Waals surface area (Å²) < 4.78 is 20.8. The van der Waals surface area contributed by atoms with Crippen molar-refractivity contribution >= 4 is 22.6 Å². The molecule has 0 radical (unpaired) electrons. The maximum absolute atomic E-state index is 13.2. The van der Waals surface area contributed by atoms with E-state index in [1.807, 2.05) is 20.0 Å². The van der Waals surface area contributed by atoms with Crippen LogP contribution in [0.15, 0.2) is 71.4 Å². The monoisotopic (exact) mass is 427 g/mol. The standard InChI is InChI=1S/C24H18FN5O2/c1-14-20-11-17(12-26-22(20)30(2)29-14)28-23(31)18-5-3-4-6-19(18)24-27-13-21(32-24)15-7-9-16(25)10-8-15/h3-13H,1-2H3,(H,28,31). The average molecular weight is 427 g/mol. The Morgan fingerprint density at radius 1 is 1.06 bits per heavy atom. The van der Waals surface area contributed by atoms with Crippen LogP contribution in [-0.4, -0.2) is 25.7 Å². The smallest absolute Gasteiger partial charge is 0.256 e. The molecule has 0 unspecified atom stereocenters. The molecule has 32 heavy (non-hydrogen) atoms. The fraction of sp³-hybridized carbons (Fsp3) is 0.0833. The lowest BCUT2D eigenvalue weighted by atomic mass is 10.1. The van der Waals surface area contributed by atoms with Crippen molar-refractivity contribution in [1.29, 1.82) is 0 Å². The van der Waals surface area contributed by atoms with E-state index in [1.165, 1.54) is 12.1 Å². The molecule has 0 atom stereocenters. The number of carbonyl (C=O) groups excluding carboxylic acids is 1. The number of pyridine rings is 1. The highest BCUT2D eigenvalue weighted by atomic mass is 19.1. The van der Waals surface area contributed by atoms with Gasteiger partial charge in [-0.15, -0.1) is 0 Å². The van der Waals surface area contributed by atoms with Crippen molar-refractivity contribution in [2.75, 3.05) is 5.32 Å². The van der Waals surface area contributed by atoms with Crippen LogP contribution in [0.2, 0.25) is 0 Å². The molecule has 0 fully saturated rings. The van der Waals surface area contributed by atoms with Gasteiger partial charge in [-0.25, -0.2) is 14.4 Å². The molecule has 0 saturated heterocycles. The highest BCUT2D eigenvalue weighted by Gasteiger charge is 2.18. The van der Waals surface area contributed by atoms with Crippen molar-refractivity contribution in [2.45, 2.75) is 6.92 Å². The van der Waals surface area contributed by atoms with Gasteiger partial charge in [0.25, 0.3) is 5.91 Å². The van der Waals surface area contributed by atoms with Gasteiger partial charge in [-0.05, 0) is 49.4 Å². The number of aromatic nitrogens is 4. The molecule has 0 spiro atoms. The summed E-state index contributed by atoms with van der Waals surface area (Å²) in [6.07, 6.45) is 3.15. The summed E-state index contributed by atoms with van der Waals surface area (Å²) >= 11 is 0. The van der Waals surface area contributed by atoms with Crippen molar-refractivity contribution < 1.29 is 13.6 Å². The second-order valence-corrected chi connectivity index (χ2v) is 7.34. The third kappa shape index (κ3) is 3.51. The minimum absolute atomic E-state index is 0.298. The number of hydrogen-bond donors (Lipinski definition) is 1. The van der Waals surface area contributed by atoms with Crippen molar-refractivity contribution in [3.8, 4) is 22.8 Å². The van der Waals surface area contributed by atoms with Gasteiger partial charge < -0.3 is 9.73 Å². The molecule has 0 aliphatic rings. The summed E-state index contributed by atoms with van der Waals surface area (Å²) in [5.41, 5.74) is 3.78. The molecule has 1 N–H and O–H groups in total. The van der Waals surface area contributed by atoms with E-state index in [1.54, 1.807) is 53.5 Å². The van der Waals surface area contributed by atoms with Crippen molar-refractivity contribution in [3.63, 3.8) is 0 Å². The zero-order chi connectivity index (χ0) is 22.2. The SMILES string of the molecule is Cc1nn(C)c2ncc(NC(=O)c3ccccc3-c3ncc(-c4ccc(F)cc4)o3)cc12. The average Bonchev–Trinajstić information content (AvgIpc) is 3.39. The molecule has 5 rings (SSSR count). The van der Waals surface area contributed by atoms with E-state index >= 15 is 0 Å². The van der Waals surface area contributed by atoms with E-state index < -0.39 is 0 Å². The molecule has 8 heteroatoms. The van der Waals surface area contributed by atoms with Crippen molar-refractivity contribution in [1.82, 2.24) is 19.7 Å². The minimum Gasteiger partial charge on any atom is -0.436 e. The number of oxazole rings is 1. The molecule has 5 aromatic rings. The Labute approximate surface area is 182 Å². The van der Waals surface area contributed by atoms with Crippen LogP contribution in [0.5, 0.6) is 0 Å². The molecule has 158 valence electrons. The first-order valence-corrected chi connectivity index (χ1v) is 9.91. The summed E-state index contributed by atoms with van der Waals surface area (Å²) in [7, 11) is 1.83. The molecular formula is C24H18FN5O2. The lowest BCUT2D eigenvalue weighted by molar-refractivity contribution is 0.102. The molecule has 1 amide bonds. The zero-order valence-electron chi connectivity index (χ0n) is 17.3. The first-order valence-electron chi connectivity index (χ1n) is 9.91. The van der Waals surface area contributed by atoms with Gasteiger partial charge in [0.15, 0.2) is 11.4 Å². The van der Waals surface area contributed by atoms with Gasteiger partial charge in [-0.2, -0.15) is 5.10 Å². The van der Waals surface area contributed by atoms with Crippen LogP contribution in [0.25, 0.3) is 33.8 Å². The van der Waals surface area contributed by atoms with E-state index in [2.05, 4.69) is 20.4 Å². The number of aryl methyl sites for hydroxylation is 2. The maximum atomic E-state index is 13.2. The molecule has 2 aromatic carbocycles. The van der Waals surface area contributed by atoms with E-state index in [0.29, 0.717) is 34.0 Å². The summed E-state index contributed by atoms with van der Waals surface area (Å²) in [5, 5.41) is 8.12. The largest absolute Gasteiger partial charge is 0.436 e. The summed E-state index contributed by atoms with van der Waals surface area (Å²) in [6, 6.07) is 14.8. The number of halogens is 1. The van der Waals surface area contributed by atoms with Gasteiger partial charge in [-0.3, -0.25) is 9.48 Å². The topological polar surface area (TPSA) is 85.8 Å². The number of fused-ring (bicyclic) bond motifs is 1. The Morgan fingerprint density at radius 3 is 2.66 bits per heavy atom. The fourth-order valence-corrected chi connectivity index (χ4v) is 3.59. The molecule has 0 aliphatic carbocycles. The zero-order valence-corrected chi connectivity index (χ0v) is 17.3. The van der Waals surface area contributed by atoms with Crippen LogP contribution in [0.3, 0.4) is 0 Å². The van der Waals surface area contributed by atoms with Crippen LogP contribution < -0.4 is 5.32 Å². The van der Waals surface area contributed by atoms with Gasteiger partial charge in [-0.1, -0.05) is 12.1 Å². The molecular weight excluding hydrogens is 409 g/mol. The number of anilines is 1. The predicted octanol–water partition coefficient (Wildman–Crippen LogP) is 4.99. The quantitative estimate of drug-likeness (QED) is 0.437. The molecule has 3 heterocycles. The van der Waals surface area contributed by atoms with Gasteiger partial charge in [0.05, 0.1) is 29.3 Å². The number of nitrogens with zero attached hydrogens (tertiary/aromatic N) is 4. The van der Waals surface area contributed by atoms with Crippen LogP contribution in [0.4, 0.5) is 10.1 Å². The Kier molecular flexibility index (Phi) is 4.74. The van der Waals surface area contributed by atoms with Gasteiger partial charge in [0, 0.05) is 23.6 Å². The number of nitrogens with one attached hydrogen (secondary N) is 1. The van der Waals surface area contributed by atoms with Crippen molar-refractivity contribution in [2.24, 2.45) is 7.05 Å². The van der Waals surface area contributed by atoms with Crippen molar-refractivity contribution in [3.05, 3.63) is 84.1 Å². The minimum atomic E-state index is -0.329. The third-order valence-corrected chi connectivity index (χ3v) is 5.16. The normalized spacial score (nSPS) is 11.1. The molecule has 0 bridgehead atoms. The molecule has 0 aliphatic heterocycles. The van der Waals surface area contributed by atoms with E-state index in [0.717, 1.165) is 16.7 Å². The highest BCUT2D eigenvalue weighted by molar-refractivity contribution is 6.08. The number of hydrogen-bond acceptors (Lipinski definition) is 5.